The Morgan fingerprint density at radius 1 is 1.32 bits per heavy atom. The predicted octanol–water partition coefficient (Wildman–Crippen LogP) is 1.86. The van der Waals surface area contributed by atoms with Crippen molar-refractivity contribution in [3.8, 4) is 0 Å². The number of carbonyl (C=O) groups excluding carboxylic acids is 3. The van der Waals surface area contributed by atoms with Crippen LogP contribution in [0.2, 0.25) is 0 Å². The van der Waals surface area contributed by atoms with Crippen LogP contribution in [0.15, 0.2) is 0 Å². The van der Waals surface area contributed by atoms with Gasteiger partial charge in [0.15, 0.2) is 5.78 Å². The number of nitrogens with zero attached hydrogens (tertiary/aromatic N) is 1. The zero-order valence-corrected chi connectivity index (χ0v) is 11.7. The Morgan fingerprint density at radius 3 is 2.53 bits per heavy atom. The Morgan fingerprint density at radius 2 is 1.95 bits per heavy atom. The van der Waals surface area contributed by atoms with Crippen molar-refractivity contribution in [1.82, 2.24) is 10.2 Å². The molecule has 1 saturated carbocycles. The van der Waals surface area contributed by atoms with Gasteiger partial charge in [-0.3, -0.25) is 14.5 Å². The maximum Gasteiger partial charge on any atom is 0.325 e. The average Bonchev–Trinajstić information content (AvgIpc) is 2.63. The summed E-state index contributed by atoms with van der Waals surface area (Å²) in [5.74, 6) is -0.351. The highest BCUT2D eigenvalue weighted by atomic mass is 16.2. The van der Waals surface area contributed by atoms with Crippen molar-refractivity contribution in [2.24, 2.45) is 5.92 Å². The first-order chi connectivity index (χ1) is 9.00. The summed E-state index contributed by atoms with van der Waals surface area (Å²) in [4.78, 5) is 37.4. The Balaban J connectivity index is 2.08. The van der Waals surface area contributed by atoms with E-state index >= 15 is 0 Å². The molecule has 1 aliphatic carbocycles. The van der Waals surface area contributed by atoms with Gasteiger partial charge in [-0.1, -0.05) is 33.1 Å². The highest BCUT2D eigenvalue weighted by Crippen LogP contribution is 2.33. The van der Waals surface area contributed by atoms with Gasteiger partial charge >= 0.3 is 6.03 Å². The topological polar surface area (TPSA) is 66.5 Å². The molecule has 19 heavy (non-hydrogen) atoms. The molecule has 1 atom stereocenters. The van der Waals surface area contributed by atoms with E-state index in [1.165, 1.54) is 0 Å². The van der Waals surface area contributed by atoms with Gasteiger partial charge in [0.2, 0.25) is 0 Å². The fraction of sp³-hybridized carbons (Fsp3) is 0.786. The summed E-state index contributed by atoms with van der Waals surface area (Å²) in [6.45, 7) is 3.68. The minimum atomic E-state index is -0.717. The molecule has 1 saturated heterocycles. The SMILES string of the molecule is CCC(C)C(=O)CN1C(=O)NC2(CCCCC2)C1=O. The molecule has 1 N–H and O–H groups in total. The van der Waals surface area contributed by atoms with E-state index in [2.05, 4.69) is 5.32 Å². The lowest BCUT2D eigenvalue weighted by molar-refractivity contribution is -0.136. The Kier molecular flexibility index (Phi) is 3.92. The van der Waals surface area contributed by atoms with Crippen molar-refractivity contribution in [3.05, 3.63) is 0 Å². The van der Waals surface area contributed by atoms with Crippen LogP contribution in [0, 0.1) is 5.92 Å². The fourth-order valence-electron chi connectivity index (χ4n) is 2.85. The molecule has 0 bridgehead atoms. The van der Waals surface area contributed by atoms with Crippen molar-refractivity contribution in [1.29, 1.82) is 0 Å². The van der Waals surface area contributed by atoms with Gasteiger partial charge in [-0.15, -0.1) is 0 Å². The zero-order chi connectivity index (χ0) is 14.0. The average molecular weight is 266 g/mol. The summed E-state index contributed by atoms with van der Waals surface area (Å²) in [5.41, 5.74) is -0.717. The standard InChI is InChI=1S/C14H22N2O3/c1-3-10(2)11(17)9-16-12(18)14(15-13(16)19)7-5-4-6-8-14/h10H,3-9H2,1-2H3,(H,15,19). The molecule has 1 unspecified atom stereocenters. The van der Waals surface area contributed by atoms with Gasteiger partial charge < -0.3 is 5.32 Å². The summed E-state index contributed by atoms with van der Waals surface area (Å²) in [6.07, 6.45) is 5.15. The number of hydrogen-bond acceptors (Lipinski definition) is 3. The molecular formula is C14H22N2O3. The summed E-state index contributed by atoms with van der Waals surface area (Å²) in [5, 5.41) is 2.82. The zero-order valence-electron chi connectivity index (χ0n) is 11.7. The van der Waals surface area contributed by atoms with E-state index in [4.69, 9.17) is 0 Å². The fourth-order valence-corrected chi connectivity index (χ4v) is 2.85. The molecule has 0 radical (unpaired) electrons. The van der Waals surface area contributed by atoms with E-state index < -0.39 is 11.6 Å². The highest BCUT2D eigenvalue weighted by molar-refractivity contribution is 6.09. The summed E-state index contributed by atoms with van der Waals surface area (Å²) >= 11 is 0. The van der Waals surface area contributed by atoms with Gasteiger partial charge in [0.25, 0.3) is 5.91 Å². The van der Waals surface area contributed by atoms with Crippen LogP contribution in [0.3, 0.4) is 0 Å². The van der Waals surface area contributed by atoms with Crippen LogP contribution in [0.5, 0.6) is 0 Å². The van der Waals surface area contributed by atoms with E-state index in [1.54, 1.807) is 0 Å². The Hall–Kier alpha value is -1.39. The van der Waals surface area contributed by atoms with Crippen molar-refractivity contribution in [2.45, 2.75) is 57.9 Å². The van der Waals surface area contributed by atoms with E-state index in [1.807, 2.05) is 13.8 Å². The van der Waals surface area contributed by atoms with Crippen LogP contribution in [-0.4, -0.2) is 34.7 Å². The summed E-state index contributed by atoms with van der Waals surface area (Å²) in [6, 6.07) is -0.399. The number of rotatable bonds is 4. The Bertz CT molecular complexity index is 399. The third kappa shape index (κ3) is 2.51. The summed E-state index contributed by atoms with van der Waals surface area (Å²) in [7, 11) is 0. The third-order valence-corrected chi connectivity index (χ3v) is 4.43. The van der Waals surface area contributed by atoms with Gasteiger partial charge in [0.1, 0.15) is 5.54 Å². The molecule has 5 nitrogen and oxygen atoms in total. The quantitative estimate of drug-likeness (QED) is 0.790. The van der Waals surface area contributed by atoms with Crippen LogP contribution in [-0.2, 0) is 9.59 Å². The molecule has 0 aromatic heterocycles. The predicted molar refractivity (Wildman–Crippen MR) is 70.5 cm³/mol. The number of hydrogen-bond donors (Lipinski definition) is 1. The van der Waals surface area contributed by atoms with Gasteiger partial charge in [-0.2, -0.15) is 0 Å². The summed E-state index contributed by atoms with van der Waals surface area (Å²) < 4.78 is 0. The lowest BCUT2D eigenvalue weighted by Crippen LogP contribution is -2.48. The molecule has 5 heteroatoms. The van der Waals surface area contributed by atoms with E-state index in [9.17, 15) is 14.4 Å². The lowest BCUT2D eigenvalue weighted by Gasteiger charge is -2.30. The number of urea groups is 1. The second-order valence-corrected chi connectivity index (χ2v) is 5.74. The lowest BCUT2D eigenvalue weighted by atomic mass is 9.81. The number of amides is 3. The monoisotopic (exact) mass is 266 g/mol. The van der Waals surface area contributed by atoms with Crippen LogP contribution in [0.25, 0.3) is 0 Å². The number of carbonyl (C=O) groups is 3. The minimum Gasteiger partial charge on any atom is -0.323 e. The van der Waals surface area contributed by atoms with Crippen LogP contribution in [0.4, 0.5) is 4.79 Å². The molecular weight excluding hydrogens is 244 g/mol. The molecule has 1 aliphatic heterocycles. The molecule has 1 spiro atoms. The molecule has 1 heterocycles. The smallest absolute Gasteiger partial charge is 0.323 e. The number of ketones is 1. The van der Waals surface area contributed by atoms with Gasteiger partial charge in [0.05, 0.1) is 6.54 Å². The van der Waals surface area contributed by atoms with Crippen LogP contribution < -0.4 is 5.32 Å². The van der Waals surface area contributed by atoms with Crippen LogP contribution >= 0.6 is 0 Å². The van der Waals surface area contributed by atoms with E-state index in [0.717, 1.165) is 30.6 Å². The second kappa shape index (κ2) is 5.31. The van der Waals surface area contributed by atoms with Crippen molar-refractivity contribution >= 4 is 17.7 Å². The number of nitrogens with one attached hydrogen (secondary N) is 1. The number of Topliss-reactive ketones (excluding diaryl/α,β-unsaturated/α-hetero) is 1. The first-order valence-electron chi connectivity index (χ1n) is 7.17. The van der Waals surface area contributed by atoms with Crippen molar-refractivity contribution < 1.29 is 14.4 Å². The molecule has 2 rings (SSSR count). The van der Waals surface area contributed by atoms with E-state index in [-0.39, 0.29) is 24.2 Å². The van der Waals surface area contributed by atoms with Gasteiger partial charge in [-0.05, 0) is 19.3 Å². The molecule has 2 aliphatic rings. The molecule has 106 valence electrons. The molecule has 3 amide bonds. The largest absolute Gasteiger partial charge is 0.325 e. The maximum atomic E-state index is 12.4. The second-order valence-electron chi connectivity index (χ2n) is 5.74. The molecule has 0 aromatic carbocycles. The Labute approximate surface area is 113 Å². The third-order valence-electron chi connectivity index (χ3n) is 4.43. The molecule has 0 aromatic rings. The highest BCUT2D eigenvalue weighted by Gasteiger charge is 2.51. The molecule has 2 fully saturated rings. The van der Waals surface area contributed by atoms with Crippen molar-refractivity contribution in [2.75, 3.05) is 6.54 Å². The first-order valence-corrected chi connectivity index (χ1v) is 7.17. The van der Waals surface area contributed by atoms with Crippen molar-refractivity contribution in [3.63, 3.8) is 0 Å². The van der Waals surface area contributed by atoms with Gasteiger partial charge in [-0.25, -0.2) is 4.79 Å². The first kappa shape index (κ1) is 14.0. The normalized spacial score (nSPS) is 23.6. The van der Waals surface area contributed by atoms with Crippen LogP contribution in [0.1, 0.15) is 52.4 Å². The maximum absolute atomic E-state index is 12.4. The number of imide groups is 1. The minimum absolute atomic E-state index is 0.0427. The van der Waals surface area contributed by atoms with E-state index in [0.29, 0.717) is 12.8 Å². The van der Waals surface area contributed by atoms with Gasteiger partial charge in [0, 0.05) is 5.92 Å².